The van der Waals surface area contributed by atoms with Crippen molar-refractivity contribution in [3.8, 4) is 5.75 Å². The van der Waals surface area contributed by atoms with Gasteiger partial charge in [0, 0.05) is 0 Å². The summed E-state index contributed by atoms with van der Waals surface area (Å²) < 4.78 is 5.95. The zero-order valence-electron chi connectivity index (χ0n) is 13.2. The number of aromatic nitrogens is 3. The Morgan fingerprint density at radius 2 is 2.08 bits per heavy atom. The molecule has 0 fully saturated rings. The molecule has 8 nitrogen and oxygen atoms in total. The number of carbonyl (C=O) groups excluding carboxylic acids is 2. The Hall–Kier alpha value is -2.78. The molecule has 0 spiro atoms. The van der Waals surface area contributed by atoms with Crippen molar-refractivity contribution >= 4 is 50.8 Å². The molecule has 2 aromatic heterocycles. The summed E-state index contributed by atoms with van der Waals surface area (Å²) in [6.45, 7) is 1.84. The van der Waals surface area contributed by atoms with E-state index in [-0.39, 0.29) is 22.1 Å². The topological polar surface area (TPSA) is 120 Å². The average Bonchev–Trinajstić information content (AvgIpc) is 2.95. The van der Waals surface area contributed by atoms with Gasteiger partial charge in [0.1, 0.15) is 11.3 Å². The molecule has 3 aromatic rings. The Labute approximate surface area is 151 Å². The maximum atomic E-state index is 12.8. The Morgan fingerprint density at radius 3 is 2.76 bits per heavy atom. The SMILES string of the molecule is COc1ccc2nc(C)sc2c1C(=O)Nc1nnc(Cl)cc1C(N)=O. The lowest BCUT2D eigenvalue weighted by molar-refractivity contribution is 0.100. The number of benzene rings is 1. The third-order valence-electron chi connectivity index (χ3n) is 3.33. The standard InChI is InChI=1S/C15H12ClN5O3S/c1-6-18-8-3-4-9(24-2)11(12(8)25-6)15(23)19-14-7(13(17)22)5-10(16)20-21-14/h3-5H,1-2H3,(H2,17,22)(H,19,21,23). The maximum absolute atomic E-state index is 12.8. The first-order chi connectivity index (χ1) is 11.9. The number of nitrogens with zero attached hydrogens (tertiary/aromatic N) is 3. The van der Waals surface area contributed by atoms with Crippen LogP contribution in [0, 0.1) is 6.92 Å². The first-order valence-corrected chi connectivity index (χ1v) is 8.18. The van der Waals surface area contributed by atoms with Gasteiger partial charge in [-0.05, 0) is 25.1 Å². The summed E-state index contributed by atoms with van der Waals surface area (Å²) in [4.78, 5) is 28.7. The predicted octanol–water partition coefficient (Wildman–Crippen LogP) is 2.41. The third-order valence-corrected chi connectivity index (χ3v) is 4.52. The van der Waals surface area contributed by atoms with E-state index in [9.17, 15) is 9.59 Å². The minimum absolute atomic E-state index is 0.00966. The van der Waals surface area contributed by atoms with E-state index >= 15 is 0 Å². The van der Waals surface area contributed by atoms with Gasteiger partial charge in [0.2, 0.25) is 0 Å². The summed E-state index contributed by atoms with van der Waals surface area (Å²) in [6.07, 6.45) is 0. The normalized spacial score (nSPS) is 10.7. The number of hydrogen-bond acceptors (Lipinski definition) is 7. The van der Waals surface area contributed by atoms with Crippen molar-refractivity contribution in [2.75, 3.05) is 12.4 Å². The second-order valence-electron chi connectivity index (χ2n) is 4.97. The Balaban J connectivity index is 2.08. The fourth-order valence-corrected chi connectivity index (χ4v) is 3.39. The monoisotopic (exact) mass is 377 g/mol. The molecule has 0 bridgehead atoms. The van der Waals surface area contributed by atoms with Crippen LogP contribution in [0.25, 0.3) is 10.2 Å². The first kappa shape index (κ1) is 17.1. The molecule has 2 amide bonds. The molecule has 0 radical (unpaired) electrons. The van der Waals surface area contributed by atoms with Crippen molar-refractivity contribution in [1.29, 1.82) is 0 Å². The number of anilines is 1. The lowest BCUT2D eigenvalue weighted by Gasteiger charge is -2.11. The number of nitrogens with one attached hydrogen (secondary N) is 1. The lowest BCUT2D eigenvalue weighted by atomic mass is 10.1. The van der Waals surface area contributed by atoms with E-state index in [4.69, 9.17) is 22.1 Å². The zero-order chi connectivity index (χ0) is 18.1. The Kier molecular flexibility index (Phi) is 4.51. The molecule has 0 aliphatic rings. The summed E-state index contributed by atoms with van der Waals surface area (Å²) in [6, 6.07) is 4.66. The largest absolute Gasteiger partial charge is 0.496 e. The fourth-order valence-electron chi connectivity index (χ4n) is 2.29. The highest BCUT2D eigenvalue weighted by atomic mass is 35.5. The van der Waals surface area contributed by atoms with Crippen LogP contribution >= 0.6 is 22.9 Å². The Morgan fingerprint density at radius 1 is 1.32 bits per heavy atom. The second-order valence-corrected chi connectivity index (χ2v) is 6.56. The van der Waals surface area contributed by atoms with E-state index in [2.05, 4.69) is 20.5 Å². The van der Waals surface area contributed by atoms with Crippen LogP contribution in [0.4, 0.5) is 5.82 Å². The van der Waals surface area contributed by atoms with E-state index in [0.717, 1.165) is 5.01 Å². The van der Waals surface area contributed by atoms with Crippen molar-refractivity contribution < 1.29 is 14.3 Å². The molecule has 0 unspecified atom stereocenters. The quantitative estimate of drug-likeness (QED) is 0.720. The van der Waals surface area contributed by atoms with Crippen molar-refractivity contribution in [2.24, 2.45) is 5.73 Å². The molecule has 0 saturated carbocycles. The smallest absolute Gasteiger partial charge is 0.262 e. The highest BCUT2D eigenvalue weighted by Crippen LogP contribution is 2.32. The summed E-state index contributed by atoms with van der Waals surface area (Å²) in [5.74, 6) is -1.02. The van der Waals surface area contributed by atoms with Gasteiger partial charge < -0.3 is 15.8 Å². The van der Waals surface area contributed by atoms with E-state index in [1.807, 2.05) is 6.92 Å². The summed E-state index contributed by atoms with van der Waals surface area (Å²) in [5.41, 5.74) is 6.22. The number of aryl methyl sites for hydroxylation is 1. The highest BCUT2D eigenvalue weighted by Gasteiger charge is 2.22. The minimum atomic E-state index is -0.786. The van der Waals surface area contributed by atoms with Gasteiger partial charge in [-0.2, -0.15) is 0 Å². The predicted molar refractivity (Wildman–Crippen MR) is 94.4 cm³/mol. The number of nitrogens with two attached hydrogens (primary N) is 1. The van der Waals surface area contributed by atoms with Crippen molar-refractivity contribution in [3.63, 3.8) is 0 Å². The molecule has 10 heteroatoms. The minimum Gasteiger partial charge on any atom is -0.496 e. The first-order valence-electron chi connectivity index (χ1n) is 6.99. The van der Waals surface area contributed by atoms with E-state index in [0.29, 0.717) is 16.0 Å². The number of halogens is 1. The van der Waals surface area contributed by atoms with Gasteiger partial charge >= 0.3 is 0 Å². The van der Waals surface area contributed by atoms with Crippen molar-refractivity contribution in [3.05, 3.63) is 39.5 Å². The van der Waals surface area contributed by atoms with Crippen LogP contribution < -0.4 is 15.8 Å². The Bertz CT molecular complexity index is 1000. The number of ether oxygens (including phenoxy) is 1. The average molecular weight is 378 g/mol. The van der Waals surface area contributed by atoms with Gasteiger partial charge in [-0.3, -0.25) is 9.59 Å². The van der Waals surface area contributed by atoms with Gasteiger partial charge in [0.15, 0.2) is 11.0 Å². The molecule has 0 atom stereocenters. The number of fused-ring (bicyclic) bond motifs is 1. The fraction of sp³-hybridized carbons (Fsp3) is 0.133. The summed E-state index contributed by atoms with van der Waals surface area (Å²) >= 11 is 7.08. The maximum Gasteiger partial charge on any atom is 0.262 e. The lowest BCUT2D eigenvalue weighted by Crippen LogP contribution is -2.20. The molecule has 0 saturated heterocycles. The summed E-state index contributed by atoms with van der Waals surface area (Å²) in [5, 5.41) is 10.7. The van der Waals surface area contributed by atoms with Crippen LogP contribution in [0.5, 0.6) is 5.75 Å². The number of rotatable bonds is 4. The number of thiazole rings is 1. The van der Waals surface area contributed by atoms with Crippen LogP contribution in [0.1, 0.15) is 25.7 Å². The molecule has 2 heterocycles. The molecule has 128 valence electrons. The van der Waals surface area contributed by atoms with Gasteiger partial charge in [-0.1, -0.05) is 11.6 Å². The van der Waals surface area contributed by atoms with Gasteiger partial charge in [0.25, 0.3) is 11.8 Å². The van der Waals surface area contributed by atoms with Crippen molar-refractivity contribution in [2.45, 2.75) is 6.92 Å². The number of carbonyl (C=O) groups is 2. The molecule has 25 heavy (non-hydrogen) atoms. The van der Waals surface area contributed by atoms with Crippen LogP contribution in [0.2, 0.25) is 5.15 Å². The van der Waals surface area contributed by atoms with Crippen LogP contribution in [0.15, 0.2) is 18.2 Å². The van der Waals surface area contributed by atoms with Gasteiger partial charge in [-0.25, -0.2) is 4.98 Å². The molecular formula is C15H12ClN5O3S. The number of amides is 2. The summed E-state index contributed by atoms with van der Waals surface area (Å²) in [7, 11) is 1.46. The van der Waals surface area contributed by atoms with Crippen LogP contribution in [-0.2, 0) is 0 Å². The van der Waals surface area contributed by atoms with Gasteiger partial charge in [0.05, 0.1) is 27.9 Å². The van der Waals surface area contributed by atoms with Crippen LogP contribution in [-0.4, -0.2) is 34.1 Å². The van der Waals surface area contributed by atoms with E-state index < -0.39 is 11.8 Å². The molecule has 0 aliphatic heterocycles. The number of methoxy groups -OCH3 is 1. The highest BCUT2D eigenvalue weighted by molar-refractivity contribution is 7.19. The molecule has 3 N–H and O–H groups in total. The number of hydrogen-bond donors (Lipinski definition) is 2. The van der Waals surface area contributed by atoms with Crippen LogP contribution in [0.3, 0.4) is 0 Å². The zero-order valence-corrected chi connectivity index (χ0v) is 14.7. The molecule has 0 aliphatic carbocycles. The third kappa shape index (κ3) is 3.24. The van der Waals surface area contributed by atoms with Crippen molar-refractivity contribution in [1.82, 2.24) is 15.2 Å². The molecular weight excluding hydrogens is 366 g/mol. The molecule has 3 rings (SSSR count). The van der Waals surface area contributed by atoms with Gasteiger partial charge in [-0.15, -0.1) is 21.5 Å². The number of primary amides is 1. The molecule has 1 aromatic carbocycles. The van der Waals surface area contributed by atoms with E-state index in [1.165, 1.54) is 24.5 Å². The second kappa shape index (κ2) is 6.61. The van der Waals surface area contributed by atoms with E-state index in [1.54, 1.807) is 12.1 Å².